The molecule has 1 amide bonds. The van der Waals surface area contributed by atoms with Crippen LogP contribution < -0.4 is 10.6 Å². The molecule has 23 heavy (non-hydrogen) atoms. The molecule has 0 aliphatic heterocycles. The first-order valence-electron chi connectivity index (χ1n) is 7.22. The molecule has 2 aromatic rings. The number of amides is 1. The molecule has 0 aromatic heterocycles. The van der Waals surface area contributed by atoms with Gasteiger partial charge in [0.2, 0.25) is 0 Å². The molecule has 0 fully saturated rings. The molecule has 0 saturated heterocycles. The second-order valence-electron chi connectivity index (χ2n) is 5.14. The molecular formula is C17H19F2N2OS+. The average Bonchev–Trinajstić information content (AvgIpc) is 2.53. The number of halogens is 2. The zero-order valence-corrected chi connectivity index (χ0v) is 13.8. The van der Waals surface area contributed by atoms with E-state index in [-0.39, 0.29) is 18.5 Å². The maximum absolute atomic E-state index is 13.7. The predicted molar refractivity (Wildman–Crippen MR) is 88.4 cm³/mol. The number of benzene rings is 2. The van der Waals surface area contributed by atoms with Gasteiger partial charge in [-0.2, -0.15) is 0 Å². The summed E-state index contributed by atoms with van der Waals surface area (Å²) in [5.41, 5.74) is 1.14. The lowest BCUT2D eigenvalue weighted by molar-refractivity contribution is -0.682. The molecule has 0 unspecified atom stereocenters. The van der Waals surface area contributed by atoms with Crippen molar-refractivity contribution in [2.45, 2.75) is 17.9 Å². The van der Waals surface area contributed by atoms with E-state index < -0.39 is 11.6 Å². The Morgan fingerprint density at radius 3 is 2.70 bits per heavy atom. The van der Waals surface area contributed by atoms with E-state index in [1.165, 1.54) is 12.1 Å². The second kappa shape index (κ2) is 8.08. The molecule has 0 radical (unpaired) electrons. The number of nitrogens with two attached hydrogens (primary N) is 1. The van der Waals surface area contributed by atoms with Crippen molar-refractivity contribution >= 4 is 23.4 Å². The molecule has 0 spiro atoms. The highest BCUT2D eigenvalue weighted by Gasteiger charge is 2.16. The Labute approximate surface area is 138 Å². The third kappa shape index (κ3) is 4.77. The van der Waals surface area contributed by atoms with Crippen LogP contribution in [-0.4, -0.2) is 18.7 Å². The Bertz CT molecular complexity index is 694. The Morgan fingerprint density at radius 1 is 1.26 bits per heavy atom. The summed E-state index contributed by atoms with van der Waals surface area (Å²) in [5, 5.41) is 4.56. The number of thioether (sulfide) groups is 1. The zero-order valence-electron chi connectivity index (χ0n) is 13.0. The number of rotatable bonds is 6. The quantitative estimate of drug-likeness (QED) is 0.796. The smallest absolute Gasteiger partial charge is 0.279 e. The van der Waals surface area contributed by atoms with Crippen LogP contribution in [0.2, 0.25) is 0 Å². The van der Waals surface area contributed by atoms with Gasteiger partial charge in [0.05, 0.1) is 5.69 Å². The van der Waals surface area contributed by atoms with Crippen molar-refractivity contribution in [2.75, 3.05) is 18.1 Å². The molecule has 122 valence electrons. The fourth-order valence-electron chi connectivity index (χ4n) is 2.23. The van der Waals surface area contributed by atoms with E-state index in [0.717, 1.165) is 16.6 Å². The zero-order chi connectivity index (χ0) is 16.8. The number of hydrogen-bond acceptors (Lipinski definition) is 2. The van der Waals surface area contributed by atoms with Crippen LogP contribution in [0.15, 0.2) is 47.4 Å². The fourth-order valence-corrected chi connectivity index (χ4v) is 2.78. The number of anilines is 1. The number of carbonyl (C=O) groups excluding carboxylic acids is 1. The molecule has 1 atom stereocenters. The van der Waals surface area contributed by atoms with Gasteiger partial charge in [-0.1, -0.05) is 12.1 Å². The summed E-state index contributed by atoms with van der Waals surface area (Å²) in [7, 11) is 0. The summed E-state index contributed by atoms with van der Waals surface area (Å²) in [6.07, 6.45) is 1.94. The minimum Gasteiger partial charge on any atom is -0.332 e. The van der Waals surface area contributed by atoms with Crippen LogP contribution in [0.3, 0.4) is 0 Å². The first-order valence-corrected chi connectivity index (χ1v) is 8.45. The topological polar surface area (TPSA) is 45.7 Å². The lowest BCUT2D eigenvalue weighted by Gasteiger charge is -2.13. The highest BCUT2D eigenvalue weighted by atomic mass is 32.2. The van der Waals surface area contributed by atoms with E-state index in [0.29, 0.717) is 5.56 Å². The van der Waals surface area contributed by atoms with Crippen molar-refractivity contribution in [3.05, 3.63) is 59.7 Å². The van der Waals surface area contributed by atoms with E-state index in [9.17, 15) is 13.6 Å². The van der Waals surface area contributed by atoms with Gasteiger partial charge in [0.15, 0.2) is 6.54 Å². The number of quaternary nitrogens is 1. The summed E-state index contributed by atoms with van der Waals surface area (Å²) >= 11 is 1.55. The van der Waals surface area contributed by atoms with E-state index in [1.54, 1.807) is 24.0 Å². The minimum atomic E-state index is -0.607. The van der Waals surface area contributed by atoms with Crippen LogP contribution in [0.5, 0.6) is 0 Å². The number of hydrogen-bond donors (Lipinski definition) is 2. The molecule has 0 heterocycles. The van der Waals surface area contributed by atoms with Gasteiger partial charge >= 0.3 is 0 Å². The summed E-state index contributed by atoms with van der Waals surface area (Å²) in [5.74, 6) is -1.37. The number of carbonyl (C=O) groups is 1. The van der Waals surface area contributed by atoms with E-state index in [2.05, 4.69) is 5.32 Å². The van der Waals surface area contributed by atoms with Crippen molar-refractivity contribution in [1.29, 1.82) is 0 Å². The molecule has 0 saturated carbocycles. The summed E-state index contributed by atoms with van der Waals surface area (Å²) in [6, 6.07) is 10.7. The van der Waals surface area contributed by atoms with Crippen molar-refractivity contribution < 1.29 is 18.9 Å². The van der Waals surface area contributed by atoms with Crippen LogP contribution in [0.1, 0.15) is 18.5 Å². The van der Waals surface area contributed by atoms with Crippen LogP contribution in [0.25, 0.3) is 0 Å². The Morgan fingerprint density at radius 2 is 2.00 bits per heavy atom. The predicted octanol–water partition coefficient (Wildman–Crippen LogP) is 2.95. The second-order valence-corrected chi connectivity index (χ2v) is 5.99. The van der Waals surface area contributed by atoms with Gasteiger partial charge in [-0.15, -0.1) is 11.8 Å². The van der Waals surface area contributed by atoms with Crippen LogP contribution in [-0.2, 0) is 4.79 Å². The monoisotopic (exact) mass is 337 g/mol. The van der Waals surface area contributed by atoms with Gasteiger partial charge in [-0.25, -0.2) is 8.78 Å². The SMILES string of the molecule is CSc1ccccc1NC(=O)C[NH2+][C@@H](C)c1ccc(F)cc1F. The minimum absolute atomic E-state index is 0.153. The van der Waals surface area contributed by atoms with Crippen molar-refractivity contribution in [3.63, 3.8) is 0 Å². The van der Waals surface area contributed by atoms with Gasteiger partial charge in [0.25, 0.3) is 5.91 Å². The largest absolute Gasteiger partial charge is 0.332 e. The highest BCUT2D eigenvalue weighted by Crippen LogP contribution is 2.24. The number of para-hydroxylation sites is 1. The highest BCUT2D eigenvalue weighted by molar-refractivity contribution is 7.98. The number of nitrogens with one attached hydrogen (secondary N) is 1. The van der Waals surface area contributed by atoms with Gasteiger partial charge in [0, 0.05) is 16.5 Å². The Kier molecular flexibility index (Phi) is 6.12. The van der Waals surface area contributed by atoms with Gasteiger partial charge < -0.3 is 10.6 Å². The molecule has 0 bridgehead atoms. The van der Waals surface area contributed by atoms with Crippen molar-refractivity contribution in [2.24, 2.45) is 0 Å². The molecule has 0 aliphatic rings. The molecule has 2 aromatic carbocycles. The van der Waals surface area contributed by atoms with E-state index >= 15 is 0 Å². The third-order valence-electron chi connectivity index (χ3n) is 3.49. The lowest BCUT2D eigenvalue weighted by Crippen LogP contribution is -2.86. The first kappa shape index (κ1) is 17.4. The van der Waals surface area contributed by atoms with Crippen LogP contribution in [0, 0.1) is 11.6 Å². The maximum atomic E-state index is 13.7. The van der Waals surface area contributed by atoms with Crippen molar-refractivity contribution in [1.82, 2.24) is 0 Å². The summed E-state index contributed by atoms with van der Waals surface area (Å²) in [4.78, 5) is 13.0. The molecule has 2 rings (SSSR count). The van der Waals surface area contributed by atoms with Crippen LogP contribution >= 0.6 is 11.8 Å². The molecule has 6 heteroatoms. The average molecular weight is 337 g/mol. The normalized spacial score (nSPS) is 12.0. The third-order valence-corrected chi connectivity index (χ3v) is 4.29. The van der Waals surface area contributed by atoms with E-state index in [4.69, 9.17) is 0 Å². The van der Waals surface area contributed by atoms with E-state index in [1.807, 2.05) is 30.5 Å². The molecular weight excluding hydrogens is 318 g/mol. The summed E-state index contributed by atoms with van der Waals surface area (Å²) in [6.45, 7) is 1.93. The van der Waals surface area contributed by atoms with Gasteiger partial charge in [0.1, 0.15) is 17.7 Å². The fraction of sp³-hybridized carbons (Fsp3) is 0.235. The maximum Gasteiger partial charge on any atom is 0.279 e. The van der Waals surface area contributed by atoms with Gasteiger partial charge in [-0.3, -0.25) is 4.79 Å². The van der Waals surface area contributed by atoms with Gasteiger partial charge in [-0.05, 0) is 37.4 Å². The molecule has 3 nitrogen and oxygen atoms in total. The molecule has 3 N–H and O–H groups in total. The lowest BCUT2D eigenvalue weighted by atomic mass is 10.1. The van der Waals surface area contributed by atoms with Crippen molar-refractivity contribution in [3.8, 4) is 0 Å². The first-order chi connectivity index (χ1) is 11.0. The van der Waals surface area contributed by atoms with Crippen LogP contribution in [0.4, 0.5) is 14.5 Å². The summed E-state index contributed by atoms with van der Waals surface area (Å²) < 4.78 is 26.6. The standard InChI is InChI=1S/C17H18F2N2OS/c1-11(13-8-7-12(18)9-14(13)19)20-10-17(22)21-15-5-3-4-6-16(15)23-2/h3-9,11,20H,10H2,1-2H3,(H,21,22)/p+1/t11-/m0/s1. The molecule has 0 aliphatic carbocycles. The Balaban J connectivity index is 1.93. The Hall–Kier alpha value is -1.92.